The average Bonchev–Trinajstić information content (AvgIpc) is 3.80. The number of benzene rings is 4. The molecule has 0 radical (unpaired) electrons. The van der Waals surface area contributed by atoms with Crippen molar-refractivity contribution in [3.63, 3.8) is 0 Å². The normalized spacial score (nSPS) is 23.9. The highest BCUT2D eigenvalue weighted by molar-refractivity contribution is 5.92. The third-order valence-corrected chi connectivity index (χ3v) is 13.8. The summed E-state index contributed by atoms with van der Waals surface area (Å²) >= 11 is 0. The third-order valence-electron chi connectivity index (χ3n) is 13.8. The lowest BCUT2D eigenvalue weighted by molar-refractivity contribution is -0.158. The van der Waals surface area contributed by atoms with Crippen LogP contribution in [0.3, 0.4) is 0 Å². The quantitative estimate of drug-likeness (QED) is 0.141. The number of hydrogen-bond acceptors (Lipinski definition) is 11. The van der Waals surface area contributed by atoms with E-state index in [1.54, 1.807) is 28.4 Å². The van der Waals surface area contributed by atoms with Gasteiger partial charge in [0.15, 0.2) is 40.3 Å². The van der Waals surface area contributed by atoms with Crippen LogP contribution in [0, 0.1) is 11.8 Å². The molecule has 0 aliphatic carbocycles. The van der Waals surface area contributed by atoms with E-state index >= 15 is 4.79 Å². The summed E-state index contributed by atoms with van der Waals surface area (Å²) in [7, 11) is 6.72. The maximum Gasteiger partial charge on any atom is 0.289 e. The molecule has 0 saturated carbocycles. The second-order valence-electron chi connectivity index (χ2n) is 17.1. The molecular weight excluding hydrogens is 789 g/mol. The van der Waals surface area contributed by atoms with Gasteiger partial charge in [-0.2, -0.15) is 0 Å². The minimum Gasteiger partial charge on any atom is -0.493 e. The monoisotopic (exact) mass is 846 g/mol. The van der Waals surface area contributed by atoms with Crippen LogP contribution in [0.1, 0.15) is 89.6 Å². The Kier molecular flexibility index (Phi) is 12.2. The molecule has 6 atom stereocenters. The summed E-state index contributed by atoms with van der Waals surface area (Å²) in [5.74, 6) is 4.92. The van der Waals surface area contributed by atoms with Gasteiger partial charge in [0.25, 0.3) is 5.91 Å². The summed E-state index contributed by atoms with van der Waals surface area (Å²) in [6.45, 7) is 5.24. The van der Waals surface area contributed by atoms with Crippen LogP contribution in [-0.2, 0) is 40.3 Å². The number of aliphatic hydroxyl groups excluding tert-OH is 1. The van der Waals surface area contributed by atoms with Gasteiger partial charge < -0.3 is 47.9 Å². The van der Waals surface area contributed by atoms with Gasteiger partial charge in [-0.15, -0.1) is 0 Å². The summed E-state index contributed by atoms with van der Waals surface area (Å²) in [5.41, 5.74) is 7.62. The number of methoxy groups -OCH3 is 4. The van der Waals surface area contributed by atoms with Crippen LogP contribution >= 0.6 is 0 Å². The van der Waals surface area contributed by atoms with Crippen LogP contribution in [0.2, 0.25) is 0 Å². The molecule has 0 bridgehead atoms. The van der Waals surface area contributed by atoms with Crippen molar-refractivity contribution in [1.82, 2.24) is 9.80 Å². The van der Waals surface area contributed by atoms with Crippen molar-refractivity contribution in [2.24, 2.45) is 11.8 Å². The lowest BCUT2D eigenvalue weighted by Gasteiger charge is -2.49. The van der Waals surface area contributed by atoms with Crippen molar-refractivity contribution in [2.75, 3.05) is 54.9 Å². The van der Waals surface area contributed by atoms with Crippen LogP contribution in [0.25, 0.3) is 0 Å². The number of nitrogens with zero attached hydrogens (tertiary/aromatic N) is 2. The number of amides is 1. The van der Waals surface area contributed by atoms with Crippen LogP contribution in [0.15, 0.2) is 78.6 Å². The van der Waals surface area contributed by atoms with Crippen LogP contribution in [0.5, 0.6) is 34.5 Å². The Morgan fingerprint density at radius 2 is 1.42 bits per heavy atom. The zero-order chi connectivity index (χ0) is 42.9. The fraction of sp³-hybridized carbons (Fsp3) is 0.460. The smallest absolute Gasteiger partial charge is 0.289 e. The largest absolute Gasteiger partial charge is 0.493 e. The fourth-order valence-electron chi connectivity index (χ4n) is 10.4. The number of rotatable bonds is 13. The molecule has 0 aromatic heterocycles. The molecule has 5 aliphatic heterocycles. The SMILES string of the molecule is CCC1CN2CCc3cc(OC)c(OC)cc3C2CC1CC1c2cc(OC)c(OC)cc2CCN1C(=O)C1=CC(c2ccc3c(c2)OCO3)CC(OCc2ccc(CO)cc2)O1. The standard InChI is InChI=1S/C50H58N2O10/c1-6-32-26-51-15-13-34-20-43(55-2)45(57-4)24-38(34)40(51)17-36(32)18-41-39-25-46(58-5)44(56-3)21-35(39)14-16-52(41)50(54)48-22-37(33-11-12-42-47(19-33)61-29-60-42)23-49(62-48)59-28-31-9-7-30(27-53)8-10-31/h7-12,19-22,24-25,32,36-37,40-41,49,53H,6,13-18,23,26-29H2,1-5H3. The van der Waals surface area contributed by atoms with Crippen molar-refractivity contribution in [3.05, 3.63) is 118 Å². The molecule has 5 aliphatic rings. The lowest BCUT2D eigenvalue weighted by atomic mass is 9.72. The van der Waals surface area contributed by atoms with Crippen molar-refractivity contribution in [2.45, 2.75) is 83.0 Å². The van der Waals surface area contributed by atoms with E-state index in [1.807, 2.05) is 53.4 Å². The van der Waals surface area contributed by atoms with Gasteiger partial charge in [0.2, 0.25) is 13.1 Å². The predicted molar refractivity (Wildman–Crippen MR) is 232 cm³/mol. The van der Waals surface area contributed by atoms with E-state index in [1.165, 1.54) is 11.1 Å². The first-order valence-corrected chi connectivity index (χ1v) is 21.9. The number of carbonyl (C=O) groups is 1. The molecule has 5 heterocycles. The van der Waals surface area contributed by atoms with Gasteiger partial charge in [0.05, 0.1) is 47.7 Å². The molecule has 1 fully saturated rings. The molecule has 6 unspecified atom stereocenters. The topological polar surface area (TPSA) is 118 Å². The van der Waals surface area contributed by atoms with Crippen LogP contribution in [-0.4, -0.2) is 82.0 Å². The van der Waals surface area contributed by atoms with Gasteiger partial charge in [0.1, 0.15) is 0 Å². The van der Waals surface area contributed by atoms with Crippen molar-refractivity contribution in [1.29, 1.82) is 0 Å². The van der Waals surface area contributed by atoms with E-state index in [9.17, 15) is 5.11 Å². The van der Waals surface area contributed by atoms with Gasteiger partial charge in [-0.25, -0.2) is 0 Å². The summed E-state index contributed by atoms with van der Waals surface area (Å²) in [6.07, 6.45) is 6.19. The molecule has 12 heteroatoms. The first kappa shape index (κ1) is 41.9. The van der Waals surface area contributed by atoms with Gasteiger partial charge in [-0.1, -0.05) is 43.7 Å². The molecule has 328 valence electrons. The summed E-state index contributed by atoms with van der Waals surface area (Å²) < 4.78 is 47.6. The zero-order valence-electron chi connectivity index (χ0n) is 36.4. The average molecular weight is 847 g/mol. The third kappa shape index (κ3) is 8.16. The highest BCUT2D eigenvalue weighted by Crippen LogP contribution is 2.50. The fourth-order valence-corrected chi connectivity index (χ4v) is 10.4. The van der Waals surface area contributed by atoms with Crippen molar-refractivity contribution < 1.29 is 47.8 Å². The molecule has 9 rings (SSSR count). The summed E-state index contributed by atoms with van der Waals surface area (Å²) in [6, 6.07) is 22.1. The second kappa shape index (κ2) is 18.1. The number of piperidine rings is 1. The Bertz CT molecular complexity index is 2290. The van der Waals surface area contributed by atoms with E-state index in [0.717, 1.165) is 78.1 Å². The Morgan fingerprint density at radius 1 is 0.758 bits per heavy atom. The zero-order valence-corrected chi connectivity index (χ0v) is 36.4. The maximum absolute atomic E-state index is 15.3. The first-order valence-electron chi connectivity index (χ1n) is 21.9. The summed E-state index contributed by atoms with van der Waals surface area (Å²) in [4.78, 5) is 20.0. The molecule has 1 amide bonds. The van der Waals surface area contributed by atoms with Crippen LogP contribution < -0.4 is 28.4 Å². The molecule has 4 aromatic carbocycles. The maximum atomic E-state index is 15.3. The van der Waals surface area contributed by atoms with E-state index in [-0.39, 0.29) is 49.7 Å². The van der Waals surface area contributed by atoms with Gasteiger partial charge >= 0.3 is 0 Å². The van der Waals surface area contributed by atoms with E-state index in [4.69, 9.17) is 37.9 Å². The number of carbonyl (C=O) groups excluding carboxylic acids is 1. The number of fused-ring (bicyclic) bond motifs is 5. The predicted octanol–water partition coefficient (Wildman–Crippen LogP) is 8.03. The van der Waals surface area contributed by atoms with Gasteiger partial charge in [0, 0.05) is 38.0 Å². The molecule has 1 saturated heterocycles. The number of ether oxygens (including phenoxy) is 8. The van der Waals surface area contributed by atoms with E-state index < -0.39 is 6.29 Å². The molecule has 4 aromatic rings. The number of allylic oxidation sites excluding steroid dienone is 1. The molecular formula is C50H58N2O10. The van der Waals surface area contributed by atoms with Gasteiger partial charge in [-0.3, -0.25) is 9.69 Å². The Morgan fingerprint density at radius 3 is 2.13 bits per heavy atom. The molecule has 62 heavy (non-hydrogen) atoms. The van der Waals surface area contributed by atoms with Crippen molar-refractivity contribution in [3.8, 4) is 34.5 Å². The molecule has 0 spiro atoms. The van der Waals surface area contributed by atoms with Crippen molar-refractivity contribution >= 4 is 5.91 Å². The molecule has 1 N–H and O–H groups in total. The number of hydrogen-bond donors (Lipinski definition) is 1. The first-order chi connectivity index (χ1) is 30.3. The Labute approximate surface area is 364 Å². The van der Waals surface area contributed by atoms with Gasteiger partial charge in [-0.05, 0) is 119 Å². The summed E-state index contributed by atoms with van der Waals surface area (Å²) in [5, 5.41) is 9.57. The van der Waals surface area contributed by atoms with E-state index in [0.29, 0.717) is 54.2 Å². The number of aliphatic hydroxyl groups is 1. The Hall–Kier alpha value is -5.43. The molecule has 12 nitrogen and oxygen atoms in total. The second-order valence-corrected chi connectivity index (χ2v) is 17.1. The van der Waals surface area contributed by atoms with Crippen LogP contribution in [0.4, 0.5) is 0 Å². The lowest BCUT2D eigenvalue weighted by Crippen LogP contribution is -2.48. The minimum atomic E-state index is -0.692. The Balaban J connectivity index is 1.05. The minimum absolute atomic E-state index is 0.0274. The van der Waals surface area contributed by atoms with E-state index in [2.05, 4.69) is 36.1 Å². The highest BCUT2D eigenvalue weighted by Gasteiger charge is 2.43. The highest BCUT2D eigenvalue weighted by atomic mass is 16.7.